The minimum absolute atomic E-state index is 0. The van der Waals surface area contributed by atoms with Gasteiger partial charge in [0, 0.05) is 0 Å². The highest BCUT2D eigenvalue weighted by atomic mass is 27.1. The molecule has 81 valence electrons. The van der Waals surface area contributed by atoms with Crippen LogP contribution >= 0.6 is 0 Å². The van der Waals surface area contributed by atoms with Crippen LogP contribution in [-0.2, 0) is 0 Å². The Morgan fingerprint density at radius 2 is 0.938 bits per heavy atom. The Morgan fingerprint density at radius 3 is 1.25 bits per heavy atom. The molecule has 0 saturated heterocycles. The van der Waals surface area contributed by atoms with E-state index in [0.717, 1.165) is 0 Å². The van der Waals surface area contributed by atoms with Crippen LogP contribution in [0.25, 0.3) is 0 Å². The molecule has 16 heavy (non-hydrogen) atoms. The molecule has 0 unspecified atom stereocenters. The molecule has 0 heterocycles. The van der Waals surface area contributed by atoms with Crippen LogP contribution in [0.1, 0.15) is 11.1 Å². The Morgan fingerprint density at radius 1 is 0.625 bits per heavy atom. The van der Waals surface area contributed by atoms with Crippen molar-refractivity contribution in [3.63, 3.8) is 0 Å². The molecule has 2 aromatic carbocycles. The van der Waals surface area contributed by atoms with Gasteiger partial charge in [-0.2, -0.15) is 0 Å². The third-order valence-electron chi connectivity index (χ3n) is 2.49. The topological polar surface area (TPSA) is 0 Å². The van der Waals surface area contributed by atoms with Crippen molar-refractivity contribution in [3.8, 4) is 0 Å². The van der Waals surface area contributed by atoms with Crippen LogP contribution in [-0.4, -0.2) is 15.2 Å². The van der Waals surface area contributed by atoms with E-state index >= 15 is 0 Å². The zero-order valence-corrected chi connectivity index (χ0v) is 10.8. The molecule has 0 fully saturated rings. The van der Waals surface area contributed by atoms with Crippen LogP contribution in [0, 0.1) is 13.8 Å². The highest BCUT2D eigenvalue weighted by Gasteiger charge is 1.98. The van der Waals surface area contributed by atoms with Gasteiger partial charge in [0.15, 0.2) is 0 Å². The fourth-order valence-corrected chi connectivity index (χ4v) is 2.67. The molecule has 2 aromatic rings. The van der Waals surface area contributed by atoms with Gasteiger partial charge in [-0.15, -0.1) is 8.85 Å². The van der Waals surface area contributed by atoms with Gasteiger partial charge in [0.2, 0.25) is 0 Å². The molecule has 0 nitrogen and oxygen atoms in total. The summed E-state index contributed by atoms with van der Waals surface area (Å²) in [4.78, 5) is 0. The molecule has 0 N–H and O–H groups in total. The zero-order chi connectivity index (χ0) is 10.7. The molecule has 0 aliphatic rings. The van der Waals surface area contributed by atoms with Crippen molar-refractivity contribution in [2.45, 2.75) is 13.8 Å². The van der Waals surface area contributed by atoms with Gasteiger partial charge in [0.05, 0.1) is 0 Å². The lowest BCUT2D eigenvalue weighted by Crippen LogP contribution is -2.26. The average Bonchev–Trinajstić information content (AvgIpc) is 2.25. The molecular formula is C14H15AlF. The molecule has 0 saturated carbocycles. The number of benzene rings is 2. The maximum Gasteiger partial charge on any atom is 0.298 e. The number of hydrogen-bond donors (Lipinski definition) is 0. The maximum absolute atomic E-state index is 2.24. The molecule has 0 bridgehead atoms. The van der Waals surface area contributed by atoms with Crippen LogP contribution in [0.5, 0.6) is 0 Å². The molecule has 0 aromatic heterocycles. The molecule has 2 heteroatoms. The molecule has 0 aliphatic carbocycles. The Kier molecular flexibility index (Phi) is 4.74. The van der Waals surface area contributed by atoms with Crippen molar-refractivity contribution in [2.24, 2.45) is 0 Å². The second-order valence-electron chi connectivity index (χ2n) is 3.97. The second-order valence-corrected chi connectivity index (χ2v) is 5.59. The highest BCUT2D eigenvalue weighted by molar-refractivity contribution is 6.67. The number of halogens is 1. The number of rotatable bonds is 2. The van der Waals surface area contributed by atoms with Gasteiger partial charge in [-0.3, -0.25) is 4.70 Å². The second kappa shape index (κ2) is 5.84. The lowest BCUT2D eigenvalue weighted by atomic mass is 10.2. The fraction of sp³-hybridized carbons (Fsp3) is 0.143. The lowest BCUT2D eigenvalue weighted by Gasteiger charge is -2.01. The first kappa shape index (κ1) is 13.0. The van der Waals surface area contributed by atoms with Gasteiger partial charge < -0.3 is 0 Å². The van der Waals surface area contributed by atoms with Crippen molar-refractivity contribution in [3.05, 3.63) is 59.7 Å². The number of hydrogen-bond acceptors (Lipinski definition) is 0. The van der Waals surface area contributed by atoms with Crippen molar-refractivity contribution < 1.29 is 4.70 Å². The predicted octanol–water partition coefficient (Wildman–Crippen LogP) is 2.11. The smallest absolute Gasteiger partial charge is 0.269 e. The summed E-state index contributed by atoms with van der Waals surface area (Å²) >= 11 is 0.252. The third kappa shape index (κ3) is 3.48. The average molecular weight is 229 g/mol. The van der Waals surface area contributed by atoms with E-state index < -0.39 is 0 Å². The minimum atomic E-state index is 0. The molecule has 0 aliphatic heterocycles. The van der Waals surface area contributed by atoms with E-state index in [4.69, 9.17) is 0 Å². The summed E-state index contributed by atoms with van der Waals surface area (Å²) in [7, 11) is 0. The summed E-state index contributed by atoms with van der Waals surface area (Å²) in [6.45, 7) is 4.26. The summed E-state index contributed by atoms with van der Waals surface area (Å²) in [6, 6.07) is 17.7. The van der Waals surface area contributed by atoms with E-state index in [1.807, 2.05) is 0 Å². The van der Waals surface area contributed by atoms with Crippen LogP contribution < -0.4 is 8.85 Å². The van der Waals surface area contributed by atoms with Gasteiger partial charge in [0.1, 0.15) is 0 Å². The zero-order valence-electron chi connectivity index (χ0n) is 9.60. The first-order chi connectivity index (χ1) is 7.24. The summed E-state index contributed by atoms with van der Waals surface area (Å²) in [5.41, 5.74) is 2.67. The monoisotopic (exact) mass is 229 g/mol. The van der Waals surface area contributed by atoms with Crippen molar-refractivity contribution in [2.75, 3.05) is 0 Å². The predicted molar refractivity (Wildman–Crippen MR) is 69.9 cm³/mol. The van der Waals surface area contributed by atoms with Gasteiger partial charge in [0.25, 0.3) is 15.2 Å². The van der Waals surface area contributed by atoms with E-state index in [9.17, 15) is 0 Å². The van der Waals surface area contributed by atoms with Crippen molar-refractivity contribution >= 4 is 24.1 Å². The Hall–Kier alpha value is -1.10. The summed E-state index contributed by atoms with van der Waals surface area (Å²) in [5.74, 6) is 0. The van der Waals surface area contributed by atoms with Gasteiger partial charge in [-0.1, -0.05) is 59.7 Å². The maximum atomic E-state index is 2.24. The standard InChI is InChI=1S/2C7H7.Al.FH/c2*1-7-5-3-2-4-6-7;;/h2*3-6H,1H3;;1H. The van der Waals surface area contributed by atoms with E-state index in [1.165, 1.54) is 20.0 Å². The molecule has 1 radical (unpaired) electrons. The molecule has 0 spiro atoms. The quantitative estimate of drug-likeness (QED) is 0.692. The van der Waals surface area contributed by atoms with E-state index in [1.54, 1.807) is 0 Å². The third-order valence-corrected chi connectivity index (χ3v) is 3.92. The Bertz CT molecular complexity index is 388. The summed E-state index contributed by atoms with van der Waals surface area (Å²) in [5, 5.41) is 0. The Balaban J connectivity index is 0.00000128. The van der Waals surface area contributed by atoms with Crippen molar-refractivity contribution in [1.29, 1.82) is 0 Å². The van der Waals surface area contributed by atoms with E-state index in [-0.39, 0.29) is 19.9 Å². The van der Waals surface area contributed by atoms with Crippen LogP contribution in [0.15, 0.2) is 48.5 Å². The van der Waals surface area contributed by atoms with E-state index in [0.29, 0.717) is 0 Å². The Labute approximate surface area is 102 Å². The van der Waals surface area contributed by atoms with Crippen LogP contribution in [0.4, 0.5) is 4.70 Å². The summed E-state index contributed by atoms with van der Waals surface area (Å²) in [6.07, 6.45) is 0. The first-order valence-corrected chi connectivity index (χ1v) is 6.37. The number of aryl methyl sites for hydroxylation is 2. The van der Waals surface area contributed by atoms with Gasteiger partial charge in [-0.05, 0) is 13.8 Å². The summed E-state index contributed by atoms with van der Waals surface area (Å²) < 4.78 is 2.92. The minimum Gasteiger partial charge on any atom is -0.269 e. The molecule has 2 rings (SSSR count). The first-order valence-electron chi connectivity index (χ1n) is 5.22. The van der Waals surface area contributed by atoms with Crippen LogP contribution in [0.2, 0.25) is 0 Å². The lowest BCUT2D eigenvalue weighted by molar-refractivity contribution is 1.11. The molecule has 0 atom stereocenters. The highest BCUT2D eigenvalue weighted by Crippen LogP contribution is 1.94. The van der Waals surface area contributed by atoms with Gasteiger partial charge in [-0.25, -0.2) is 0 Å². The molecule has 0 amide bonds. The molecular weight excluding hydrogens is 214 g/mol. The van der Waals surface area contributed by atoms with Crippen LogP contribution in [0.3, 0.4) is 0 Å². The van der Waals surface area contributed by atoms with Crippen molar-refractivity contribution in [1.82, 2.24) is 0 Å². The SMILES string of the molecule is Cc1cc[c]([Al][c]2ccc(C)cc2)cc1.F. The largest absolute Gasteiger partial charge is 0.298 e. The fourth-order valence-electron chi connectivity index (χ4n) is 1.52. The van der Waals surface area contributed by atoms with E-state index in [2.05, 4.69) is 62.4 Å². The van der Waals surface area contributed by atoms with Gasteiger partial charge >= 0.3 is 0 Å². The normalized spacial score (nSPS) is 9.38.